The number of piperidine rings is 1. The number of nitrogens with zero attached hydrogens (tertiary/aromatic N) is 1. The Kier molecular flexibility index (Phi) is 12.0. The fourth-order valence-electron chi connectivity index (χ4n) is 6.42. The van der Waals surface area contributed by atoms with Crippen LogP contribution in [0, 0.1) is 24.5 Å². The number of aliphatic hydroxyl groups is 1. The third-order valence-corrected chi connectivity index (χ3v) is 8.42. The number of rotatable bonds is 13. The van der Waals surface area contributed by atoms with E-state index >= 15 is 0 Å². The van der Waals surface area contributed by atoms with Crippen molar-refractivity contribution in [1.29, 1.82) is 0 Å². The van der Waals surface area contributed by atoms with Gasteiger partial charge in [0.1, 0.15) is 23.8 Å². The van der Waals surface area contributed by atoms with Gasteiger partial charge in [-0.2, -0.15) is 0 Å². The van der Waals surface area contributed by atoms with E-state index in [9.17, 15) is 23.5 Å². The highest BCUT2D eigenvalue weighted by molar-refractivity contribution is 6.00. The topological polar surface area (TPSA) is 86.2 Å². The number of quaternary nitrogens is 1. The van der Waals surface area contributed by atoms with Crippen LogP contribution in [0.4, 0.5) is 8.78 Å². The van der Waals surface area contributed by atoms with Crippen molar-refractivity contribution in [3.63, 3.8) is 0 Å². The highest BCUT2D eigenvalue weighted by Gasteiger charge is 2.36. The van der Waals surface area contributed by atoms with Gasteiger partial charge in [0.15, 0.2) is 0 Å². The lowest BCUT2D eigenvalue weighted by Gasteiger charge is -2.34. The number of halogens is 2. The molecule has 1 fully saturated rings. The number of nitrogens with two attached hydrogens (primary N) is 1. The molecule has 4 rings (SSSR count). The number of hydrogen-bond donors (Lipinski definition) is 3. The molecule has 3 aromatic rings. The van der Waals surface area contributed by atoms with Crippen molar-refractivity contribution in [3.8, 4) is 0 Å². The van der Waals surface area contributed by atoms with Crippen LogP contribution in [0.2, 0.25) is 0 Å². The van der Waals surface area contributed by atoms with Crippen molar-refractivity contribution >= 4 is 11.8 Å². The summed E-state index contributed by atoms with van der Waals surface area (Å²) < 4.78 is 28.3. The Morgan fingerprint density at radius 3 is 2.27 bits per heavy atom. The molecule has 0 radical (unpaired) electrons. The van der Waals surface area contributed by atoms with Crippen LogP contribution in [0.15, 0.2) is 66.7 Å². The van der Waals surface area contributed by atoms with Crippen molar-refractivity contribution in [2.24, 2.45) is 5.92 Å². The Hall–Kier alpha value is -3.62. The van der Waals surface area contributed by atoms with Crippen molar-refractivity contribution in [2.45, 2.75) is 77.5 Å². The molecule has 0 aromatic heterocycles. The third-order valence-electron chi connectivity index (χ3n) is 8.42. The minimum atomic E-state index is -0.973. The molecule has 4 atom stereocenters. The molecule has 2 amide bonds. The summed E-state index contributed by atoms with van der Waals surface area (Å²) in [5.41, 5.74) is 3.10. The number of aryl methyl sites for hydroxylation is 1. The molecule has 4 N–H and O–H groups in total. The number of aliphatic hydroxyl groups excluding tert-OH is 1. The Labute approximate surface area is 259 Å². The van der Waals surface area contributed by atoms with Crippen LogP contribution < -0.4 is 10.6 Å². The smallest absolute Gasteiger partial charge is 0.253 e. The molecular weight excluding hydrogens is 560 g/mol. The molecule has 0 saturated carbocycles. The monoisotopic (exact) mass is 606 g/mol. The Balaban J connectivity index is 1.57. The van der Waals surface area contributed by atoms with Crippen LogP contribution in [0.5, 0.6) is 0 Å². The molecule has 1 aliphatic rings. The maximum absolute atomic E-state index is 14.1. The summed E-state index contributed by atoms with van der Waals surface area (Å²) in [6, 6.07) is 17.6. The molecule has 0 aliphatic carbocycles. The van der Waals surface area contributed by atoms with Crippen LogP contribution in [-0.4, -0.2) is 59.6 Å². The van der Waals surface area contributed by atoms with Gasteiger partial charge in [0, 0.05) is 36.7 Å². The molecule has 1 saturated heterocycles. The lowest BCUT2D eigenvalue weighted by molar-refractivity contribution is -0.707. The molecule has 3 aromatic carbocycles. The average molecular weight is 607 g/mol. The molecule has 6 nitrogen and oxygen atoms in total. The van der Waals surface area contributed by atoms with Gasteiger partial charge < -0.3 is 20.6 Å². The Morgan fingerprint density at radius 2 is 1.61 bits per heavy atom. The predicted molar refractivity (Wildman–Crippen MR) is 168 cm³/mol. The lowest BCUT2D eigenvalue weighted by Crippen LogP contribution is -2.95. The van der Waals surface area contributed by atoms with Crippen molar-refractivity contribution in [3.05, 3.63) is 106 Å². The summed E-state index contributed by atoms with van der Waals surface area (Å²) in [6.07, 6.45) is 3.39. The van der Waals surface area contributed by atoms with Gasteiger partial charge >= 0.3 is 0 Å². The van der Waals surface area contributed by atoms with Crippen molar-refractivity contribution in [1.82, 2.24) is 10.2 Å². The molecule has 0 unspecified atom stereocenters. The zero-order valence-electron chi connectivity index (χ0n) is 26.1. The number of hydrogen-bond acceptors (Lipinski definition) is 3. The maximum Gasteiger partial charge on any atom is 0.253 e. The molecule has 0 spiro atoms. The first-order valence-corrected chi connectivity index (χ1v) is 15.9. The fourth-order valence-corrected chi connectivity index (χ4v) is 6.42. The number of carbonyl (C=O) groups excluding carboxylic acids is 2. The van der Waals surface area contributed by atoms with Crippen LogP contribution in [-0.2, 0) is 12.8 Å². The van der Waals surface area contributed by atoms with Gasteiger partial charge in [-0.3, -0.25) is 9.59 Å². The Morgan fingerprint density at radius 1 is 0.955 bits per heavy atom. The highest BCUT2D eigenvalue weighted by atomic mass is 19.1. The third kappa shape index (κ3) is 9.19. The second-order valence-electron chi connectivity index (χ2n) is 12.2. The van der Waals surface area contributed by atoms with Gasteiger partial charge in [-0.25, -0.2) is 8.78 Å². The summed E-state index contributed by atoms with van der Waals surface area (Å²) in [4.78, 5) is 28.8. The van der Waals surface area contributed by atoms with Crippen LogP contribution in [0.1, 0.15) is 76.9 Å². The lowest BCUT2D eigenvalue weighted by atomic mass is 9.83. The summed E-state index contributed by atoms with van der Waals surface area (Å²) in [7, 11) is 0. The van der Waals surface area contributed by atoms with E-state index in [1.807, 2.05) is 39.0 Å². The Bertz CT molecular complexity index is 1370. The standard InChI is InChI=1S/C36H45F2N3O3/c1-4-13-41(14-5-2)36(44)29-16-24(3)15-28(22-29)35(43)40-33(21-27-18-30(37)23-31(38)19-27)34(42)32-20-26(11-12-39-32)17-25-9-7-6-8-10-25/h6-10,15-16,18-19,22-23,26,32-34,39,42H,4-5,11-14,17,20-21H2,1-3H3,(H,40,43)/p+1/t26-,32-,33+,34-/m1/s1. The van der Waals surface area contributed by atoms with Gasteiger partial charge in [0.2, 0.25) is 0 Å². The van der Waals surface area contributed by atoms with Gasteiger partial charge in [0.25, 0.3) is 11.8 Å². The normalized spacial score (nSPS) is 18.0. The number of nitrogens with one attached hydrogen (secondary N) is 1. The zero-order valence-corrected chi connectivity index (χ0v) is 26.1. The molecule has 236 valence electrons. The van der Waals surface area contributed by atoms with Gasteiger partial charge in [-0.05, 0) is 92.0 Å². The van der Waals surface area contributed by atoms with E-state index in [-0.39, 0.29) is 18.4 Å². The number of carbonyl (C=O) groups is 2. The fraction of sp³-hybridized carbons (Fsp3) is 0.444. The predicted octanol–water partition coefficient (Wildman–Crippen LogP) is 4.82. The molecule has 8 heteroatoms. The molecule has 1 heterocycles. The first-order valence-electron chi connectivity index (χ1n) is 15.9. The number of amides is 2. The van der Waals surface area contributed by atoms with E-state index in [1.54, 1.807) is 23.1 Å². The van der Waals surface area contributed by atoms with E-state index in [0.717, 1.165) is 50.3 Å². The minimum absolute atomic E-state index is 0.0493. The van der Waals surface area contributed by atoms with Gasteiger partial charge in [0.05, 0.1) is 12.6 Å². The summed E-state index contributed by atoms with van der Waals surface area (Å²) in [5.74, 6) is -1.63. The van der Waals surface area contributed by atoms with E-state index in [0.29, 0.717) is 35.7 Å². The molecule has 1 aliphatic heterocycles. The second-order valence-corrected chi connectivity index (χ2v) is 12.2. The molecule has 0 bridgehead atoms. The average Bonchev–Trinajstić information content (AvgIpc) is 2.99. The summed E-state index contributed by atoms with van der Waals surface area (Å²) >= 11 is 0. The molecule has 44 heavy (non-hydrogen) atoms. The SMILES string of the molecule is CCCN(CCC)C(=O)c1cc(C)cc(C(=O)N[C@@H](Cc2cc(F)cc(F)c2)[C@H](O)[C@H]2C[C@@H](Cc3ccccc3)CC[NH2+]2)c1. The van der Waals surface area contributed by atoms with E-state index in [1.165, 1.54) is 17.7 Å². The first kappa shape index (κ1) is 33.3. The number of benzene rings is 3. The van der Waals surface area contributed by atoms with E-state index < -0.39 is 29.7 Å². The van der Waals surface area contributed by atoms with Gasteiger partial charge in [-0.1, -0.05) is 44.2 Å². The first-order chi connectivity index (χ1) is 21.2. The summed E-state index contributed by atoms with van der Waals surface area (Å²) in [6.45, 7) is 7.98. The van der Waals surface area contributed by atoms with E-state index in [4.69, 9.17) is 0 Å². The van der Waals surface area contributed by atoms with Crippen molar-refractivity contribution < 1.29 is 28.8 Å². The molecular formula is C36H46F2N3O3+. The van der Waals surface area contributed by atoms with Crippen LogP contribution in [0.25, 0.3) is 0 Å². The minimum Gasteiger partial charge on any atom is -0.385 e. The highest BCUT2D eigenvalue weighted by Crippen LogP contribution is 2.23. The quantitative estimate of drug-likeness (QED) is 0.261. The van der Waals surface area contributed by atoms with Crippen molar-refractivity contribution in [2.75, 3.05) is 19.6 Å². The largest absolute Gasteiger partial charge is 0.385 e. The zero-order chi connectivity index (χ0) is 31.6. The summed E-state index contributed by atoms with van der Waals surface area (Å²) in [5, 5.41) is 16.8. The maximum atomic E-state index is 14.1. The van der Waals surface area contributed by atoms with Gasteiger partial charge in [-0.15, -0.1) is 0 Å². The second kappa shape index (κ2) is 15.9. The van der Waals surface area contributed by atoms with E-state index in [2.05, 4.69) is 22.8 Å². The van der Waals surface area contributed by atoms with Crippen LogP contribution >= 0.6 is 0 Å². The van der Waals surface area contributed by atoms with Crippen LogP contribution in [0.3, 0.4) is 0 Å².